The molecular formula is C48H28O2. The molecule has 0 unspecified atom stereocenters. The summed E-state index contributed by atoms with van der Waals surface area (Å²) in [5.41, 5.74) is 10.8. The van der Waals surface area contributed by atoms with E-state index in [2.05, 4.69) is 158 Å². The van der Waals surface area contributed by atoms with E-state index >= 15 is 0 Å². The molecule has 2 aromatic heterocycles. The van der Waals surface area contributed by atoms with Gasteiger partial charge < -0.3 is 8.83 Å². The zero-order valence-electron chi connectivity index (χ0n) is 27.0. The second-order valence-electron chi connectivity index (χ2n) is 13.2. The third-order valence-corrected chi connectivity index (χ3v) is 10.5. The van der Waals surface area contributed by atoms with Gasteiger partial charge in [-0.25, -0.2) is 0 Å². The lowest BCUT2D eigenvalue weighted by Crippen LogP contribution is -1.90. The standard InChI is InChI=1S/C48H28O2/c1-2-12-29(13-3-1)46-36-16-5-7-18-38(36)47(39-19-8-6-17-37(39)46)31-23-25-35-34-24-22-30(26-44(34)49-45(35)27-31)41-28-42-33-15-10-11-21-43(33)50-48(42)40-20-9-4-14-32(40)41/h1-28H. The lowest BCUT2D eigenvalue weighted by Gasteiger charge is -2.17. The predicted molar refractivity (Wildman–Crippen MR) is 210 cm³/mol. The molecule has 0 saturated heterocycles. The van der Waals surface area contributed by atoms with Crippen LogP contribution < -0.4 is 0 Å². The Morgan fingerprint density at radius 1 is 0.260 bits per heavy atom. The Bertz CT molecular complexity index is 3080. The lowest BCUT2D eigenvalue weighted by atomic mass is 9.86. The fraction of sp³-hybridized carbons (Fsp3) is 0. The molecule has 11 aromatic rings. The maximum atomic E-state index is 6.73. The van der Waals surface area contributed by atoms with E-state index in [1.54, 1.807) is 0 Å². The number of rotatable bonds is 3. The van der Waals surface area contributed by atoms with Crippen LogP contribution in [0.25, 0.3) is 110 Å². The monoisotopic (exact) mass is 636 g/mol. The largest absolute Gasteiger partial charge is 0.456 e. The third-order valence-electron chi connectivity index (χ3n) is 10.5. The van der Waals surface area contributed by atoms with Gasteiger partial charge in [0.25, 0.3) is 0 Å². The average Bonchev–Trinajstić information content (AvgIpc) is 3.74. The Labute approximate surface area is 287 Å². The summed E-state index contributed by atoms with van der Waals surface area (Å²) in [7, 11) is 0. The van der Waals surface area contributed by atoms with Gasteiger partial charge in [-0.2, -0.15) is 0 Å². The minimum absolute atomic E-state index is 0.880. The van der Waals surface area contributed by atoms with E-state index in [0.29, 0.717) is 0 Å². The first-order chi connectivity index (χ1) is 24.8. The van der Waals surface area contributed by atoms with Crippen molar-refractivity contribution < 1.29 is 8.83 Å². The highest BCUT2D eigenvalue weighted by Gasteiger charge is 2.19. The summed E-state index contributed by atoms with van der Waals surface area (Å²) in [4.78, 5) is 0. The maximum Gasteiger partial charge on any atom is 0.143 e. The summed E-state index contributed by atoms with van der Waals surface area (Å²) >= 11 is 0. The van der Waals surface area contributed by atoms with Gasteiger partial charge in [0.05, 0.1) is 0 Å². The molecule has 0 aliphatic rings. The van der Waals surface area contributed by atoms with E-state index in [9.17, 15) is 0 Å². The van der Waals surface area contributed by atoms with E-state index in [0.717, 1.165) is 65.8 Å². The molecule has 0 aliphatic carbocycles. The Morgan fingerprint density at radius 2 is 0.740 bits per heavy atom. The molecule has 0 atom stereocenters. The number of hydrogen-bond acceptors (Lipinski definition) is 2. The van der Waals surface area contributed by atoms with E-state index in [-0.39, 0.29) is 0 Å². The zero-order valence-corrected chi connectivity index (χ0v) is 27.0. The molecule has 11 rings (SSSR count). The van der Waals surface area contributed by atoms with Crippen LogP contribution in [0.1, 0.15) is 0 Å². The molecule has 0 fully saturated rings. The van der Waals surface area contributed by atoms with Gasteiger partial charge in [-0.3, -0.25) is 0 Å². The summed E-state index contributed by atoms with van der Waals surface area (Å²) < 4.78 is 13.1. The molecular weight excluding hydrogens is 609 g/mol. The van der Waals surface area contributed by atoms with E-state index in [1.165, 1.54) is 43.8 Å². The van der Waals surface area contributed by atoms with Gasteiger partial charge >= 0.3 is 0 Å². The quantitative estimate of drug-likeness (QED) is 0.180. The number of fused-ring (bicyclic) bond motifs is 10. The topological polar surface area (TPSA) is 26.3 Å². The lowest BCUT2D eigenvalue weighted by molar-refractivity contribution is 0.669. The van der Waals surface area contributed by atoms with Crippen molar-refractivity contribution in [1.82, 2.24) is 0 Å². The van der Waals surface area contributed by atoms with Crippen molar-refractivity contribution in [1.29, 1.82) is 0 Å². The van der Waals surface area contributed by atoms with Gasteiger partial charge in [-0.15, -0.1) is 0 Å². The van der Waals surface area contributed by atoms with Crippen molar-refractivity contribution in [2.24, 2.45) is 0 Å². The summed E-state index contributed by atoms with van der Waals surface area (Å²) in [6.07, 6.45) is 0. The third kappa shape index (κ3) is 3.90. The van der Waals surface area contributed by atoms with Crippen molar-refractivity contribution in [3.63, 3.8) is 0 Å². The molecule has 2 nitrogen and oxygen atoms in total. The molecule has 232 valence electrons. The van der Waals surface area contributed by atoms with Crippen LogP contribution in [0, 0.1) is 0 Å². The summed E-state index contributed by atoms with van der Waals surface area (Å²) in [6, 6.07) is 60.7. The molecule has 9 aromatic carbocycles. The molecule has 50 heavy (non-hydrogen) atoms. The van der Waals surface area contributed by atoms with Gasteiger partial charge in [0.1, 0.15) is 22.3 Å². The first-order valence-electron chi connectivity index (χ1n) is 17.1. The van der Waals surface area contributed by atoms with Gasteiger partial charge in [0, 0.05) is 26.9 Å². The second kappa shape index (κ2) is 10.4. The Balaban J connectivity index is 1.12. The molecule has 0 spiro atoms. The Hall–Kier alpha value is -6.64. The van der Waals surface area contributed by atoms with E-state index in [1.807, 2.05) is 12.1 Å². The zero-order chi connectivity index (χ0) is 32.8. The van der Waals surface area contributed by atoms with Crippen molar-refractivity contribution in [3.8, 4) is 33.4 Å². The van der Waals surface area contributed by atoms with Gasteiger partial charge in [-0.1, -0.05) is 133 Å². The average molecular weight is 637 g/mol. The molecule has 0 aliphatic heterocycles. The van der Waals surface area contributed by atoms with Crippen LogP contribution in [0.4, 0.5) is 0 Å². The minimum atomic E-state index is 0.880. The summed E-state index contributed by atoms with van der Waals surface area (Å²) in [5, 5.41) is 11.7. The predicted octanol–water partition coefficient (Wildman–Crippen LogP) is 13.9. The number of benzene rings is 9. The SMILES string of the molecule is c1ccc(-c2c3ccccc3c(-c3ccc4c(c3)oc3cc(-c5cc6c7ccccc7oc6c6ccccc56)ccc34)c3ccccc23)cc1. The smallest absolute Gasteiger partial charge is 0.143 e. The highest BCUT2D eigenvalue weighted by atomic mass is 16.3. The fourth-order valence-electron chi connectivity index (χ4n) is 8.24. The van der Waals surface area contributed by atoms with Crippen LogP contribution in [0.5, 0.6) is 0 Å². The van der Waals surface area contributed by atoms with Gasteiger partial charge in [0.15, 0.2) is 0 Å². The summed E-state index contributed by atoms with van der Waals surface area (Å²) in [6.45, 7) is 0. The highest BCUT2D eigenvalue weighted by Crippen LogP contribution is 2.45. The second-order valence-corrected chi connectivity index (χ2v) is 13.2. The maximum absolute atomic E-state index is 6.73. The normalized spacial score (nSPS) is 12.0. The molecule has 0 amide bonds. The first-order valence-corrected chi connectivity index (χ1v) is 17.1. The number of para-hydroxylation sites is 1. The van der Waals surface area contributed by atoms with Gasteiger partial charge in [-0.05, 0) is 96.7 Å². The van der Waals surface area contributed by atoms with Crippen LogP contribution in [-0.4, -0.2) is 0 Å². The van der Waals surface area contributed by atoms with Crippen LogP contribution in [0.3, 0.4) is 0 Å². The van der Waals surface area contributed by atoms with Crippen molar-refractivity contribution in [2.75, 3.05) is 0 Å². The fourth-order valence-corrected chi connectivity index (χ4v) is 8.24. The van der Waals surface area contributed by atoms with E-state index in [4.69, 9.17) is 8.83 Å². The minimum Gasteiger partial charge on any atom is -0.456 e. The molecule has 0 N–H and O–H groups in total. The molecule has 2 heterocycles. The Morgan fingerprint density at radius 3 is 1.40 bits per heavy atom. The van der Waals surface area contributed by atoms with Crippen molar-refractivity contribution in [3.05, 3.63) is 170 Å². The van der Waals surface area contributed by atoms with E-state index < -0.39 is 0 Å². The highest BCUT2D eigenvalue weighted by molar-refractivity contribution is 6.22. The molecule has 0 bridgehead atoms. The van der Waals surface area contributed by atoms with Crippen LogP contribution in [0.15, 0.2) is 179 Å². The first kappa shape index (κ1) is 27.3. The summed E-state index contributed by atoms with van der Waals surface area (Å²) in [5.74, 6) is 0. The molecule has 0 saturated carbocycles. The number of hydrogen-bond donors (Lipinski definition) is 0. The van der Waals surface area contributed by atoms with Gasteiger partial charge in [0.2, 0.25) is 0 Å². The van der Waals surface area contributed by atoms with Crippen molar-refractivity contribution in [2.45, 2.75) is 0 Å². The Kier molecular flexibility index (Phi) is 5.70. The number of furan rings is 2. The van der Waals surface area contributed by atoms with Crippen LogP contribution in [0.2, 0.25) is 0 Å². The molecule has 2 heteroatoms. The van der Waals surface area contributed by atoms with Crippen molar-refractivity contribution >= 4 is 76.2 Å². The van der Waals surface area contributed by atoms with Crippen LogP contribution >= 0.6 is 0 Å². The molecule has 0 radical (unpaired) electrons. The van der Waals surface area contributed by atoms with Crippen LogP contribution in [-0.2, 0) is 0 Å².